The van der Waals surface area contributed by atoms with Crippen LogP contribution in [0.2, 0.25) is 0 Å². The van der Waals surface area contributed by atoms with Crippen molar-refractivity contribution in [2.45, 2.75) is 32.1 Å². The van der Waals surface area contributed by atoms with Crippen molar-refractivity contribution in [1.82, 2.24) is 19.5 Å². The average Bonchev–Trinajstić information content (AvgIpc) is 4.08. The molecule has 2 heterocycles. The van der Waals surface area contributed by atoms with Crippen molar-refractivity contribution in [1.29, 1.82) is 0 Å². The van der Waals surface area contributed by atoms with E-state index in [2.05, 4.69) is 216 Å². The van der Waals surface area contributed by atoms with Crippen LogP contribution in [-0.4, -0.2) is 25.7 Å². The third kappa shape index (κ3) is 7.62. The normalized spacial score (nSPS) is 15.7. The first kappa shape index (κ1) is 42.7. The van der Waals surface area contributed by atoms with Gasteiger partial charge in [0.2, 0.25) is 0 Å². The summed E-state index contributed by atoms with van der Waals surface area (Å²) < 4.78 is 2.30. The lowest BCUT2D eigenvalue weighted by molar-refractivity contribution is 0.864. The molecule has 6 nitrogen and oxygen atoms in total. The van der Waals surface area contributed by atoms with E-state index in [0.717, 1.165) is 106 Å². The largest absolute Gasteiger partial charge is 0.397 e. The molecule has 3 N–H and O–H groups in total. The number of rotatable bonds is 8. The Balaban J connectivity index is 0.910. The zero-order valence-electron chi connectivity index (χ0n) is 40.3. The molecule has 9 aromatic carbocycles. The van der Waals surface area contributed by atoms with E-state index < -0.39 is 0 Å². The maximum atomic E-state index is 6.24. The summed E-state index contributed by atoms with van der Waals surface area (Å²) in [6.45, 7) is 0. The van der Waals surface area contributed by atoms with Gasteiger partial charge in [0.15, 0.2) is 0 Å². The molecular formula is C67H50N6. The van der Waals surface area contributed by atoms with Gasteiger partial charge in [0, 0.05) is 29.0 Å². The van der Waals surface area contributed by atoms with Crippen LogP contribution in [-0.2, 0) is 6.42 Å². The summed E-state index contributed by atoms with van der Waals surface area (Å²) in [5, 5.41) is 9.68. The van der Waals surface area contributed by atoms with Crippen LogP contribution in [0, 0.1) is 5.92 Å². The van der Waals surface area contributed by atoms with E-state index in [1.807, 2.05) is 12.3 Å². The molecule has 14 rings (SSSR count). The van der Waals surface area contributed by atoms with Crippen LogP contribution in [0.15, 0.2) is 223 Å². The summed E-state index contributed by atoms with van der Waals surface area (Å²) in [5.74, 6) is 2.01. The quantitative estimate of drug-likeness (QED) is 0.118. The highest BCUT2D eigenvalue weighted by atomic mass is 15.1. The van der Waals surface area contributed by atoms with E-state index in [0.29, 0.717) is 0 Å². The fourth-order valence-corrected chi connectivity index (χ4v) is 11.4. The summed E-state index contributed by atoms with van der Waals surface area (Å²) in [4.78, 5) is 18.9. The number of nitrogens with zero attached hydrogens (tertiary/aromatic N) is 4. The fraction of sp³-hybridized carbons (Fsp3) is 0.0896. The molecule has 0 spiro atoms. The van der Waals surface area contributed by atoms with E-state index >= 15 is 0 Å². The molecule has 2 aromatic heterocycles. The summed E-state index contributed by atoms with van der Waals surface area (Å²) >= 11 is 0. The van der Waals surface area contributed by atoms with Gasteiger partial charge in [-0.15, -0.1) is 0 Å². The number of allylic oxidation sites excluding steroid dienone is 8. The van der Waals surface area contributed by atoms with Crippen molar-refractivity contribution < 1.29 is 0 Å². The molecule has 1 atom stereocenters. The second-order valence-electron chi connectivity index (χ2n) is 19.6. The van der Waals surface area contributed by atoms with Crippen LogP contribution in [0.4, 0.5) is 0 Å². The minimum Gasteiger partial charge on any atom is -0.397 e. The van der Waals surface area contributed by atoms with Gasteiger partial charge in [0.25, 0.3) is 0 Å². The molecule has 1 unspecified atom stereocenters. The van der Waals surface area contributed by atoms with Gasteiger partial charge in [0.1, 0.15) is 11.6 Å². The highest BCUT2D eigenvalue weighted by Crippen LogP contribution is 2.47. The van der Waals surface area contributed by atoms with Crippen LogP contribution in [0.3, 0.4) is 0 Å². The maximum Gasteiger partial charge on any atom is 0.145 e. The van der Waals surface area contributed by atoms with Crippen LogP contribution < -0.4 is 5.73 Å². The number of fused-ring (bicyclic) bond motifs is 6. The number of hydrogen-bond acceptors (Lipinski definition) is 4. The summed E-state index contributed by atoms with van der Waals surface area (Å²) in [6, 6.07) is 62.6. The van der Waals surface area contributed by atoms with E-state index in [9.17, 15) is 0 Å². The molecule has 3 aliphatic carbocycles. The highest BCUT2D eigenvalue weighted by Gasteiger charge is 2.22. The monoisotopic (exact) mass is 938 g/mol. The Labute approximate surface area is 423 Å². The zero-order valence-corrected chi connectivity index (χ0v) is 40.3. The standard InChI is InChI=1S/C67H50N6/c68-58-15-5-6-16-59(58)69-41-42-21-33-53(34-22-42)73-63-20-10-9-19-62(63)72-67(73)46-27-23-45(24-28-46)49-31-35-54-56(39-49)64(50-29-25-43-11-1-3-13-47(43)37-50)55-36-32-52(66-70-60-17-7-8-18-61(60)71-66)40-57(55)65(54)51-30-26-44-12-2-4-14-48(44)38-51/h1-5,7,9-15,17,19-21,23-42H,6,8,16,18,22,68H2,(H,70,71)/b69-41+. The molecule has 0 saturated heterocycles. The van der Waals surface area contributed by atoms with Gasteiger partial charge in [-0.1, -0.05) is 158 Å². The van der Waals surface area contributed by atoms with Crippen LogP contribution in [0.1, 0.15) is 37.1 Å². The molecule has 3 aliphatic rings. The number of H-pyrrole nitrogens is 1. The third-order valence-electron chi connectivity index (χ3n) is 15.1. The van der Waals surface area contributed by atoms with Crippen molar-refractivity contribution >= 4 is 72.1 Å². The number of aliphatic imine (C=N–C) groups is 1. The van der Waals surface area contributed by atoms with Gasteiger partial charge in [-0.3, -0.25) is 9.56 Å². The predicted octanol–water partition coefficient (Wildman–Crippen LogP) is 16.7. The van der Waals surface area contributed by atoms with Gasteiger partial charge in [-0.2, -0.15) is 0 Å². The summed E-state index contributed by atoms with van der Waals surface area (Å²) in [5.41, 5.74) is 22.6. The zero-order chi connectivity index (χ0) is 48.4. The van der Waals surface area contributed by atoms with Crippen LogP contribution in [0.5, 0.6) is 0 Å². The summed E-state index contributed by atoms with van der Waals surface area (Å²) in [7, 11) is 0. The molecule has 11 aromatic rings. The van der Waals surface area contributed by atoms with E-state index in [-0.39, 0.29) is 5.92 Å². The second kappa shape index (κ2) is 17.6. The topological polar surface area (TPSA) is 84.9 Å². The van der Waals surface area contributed by atoms with Gasteiger partial charge in [-0.05, 0) is 163 Å². The maximum absolute atomic E-state index is 6.24. The third-order valence-corrected chi connectivity index (χ3v) is 15.1. The minimum atomic E-state index is 0.195. The van der Waals surface area contributed by atoms with Gasteiger partial charge >= 0.3 is 0 Å². The van der Waals surface area contributed by atoms with E-state index in [4.69, 9.17) is 20.7 Å². The Kier molecular flexibility index (Phi) is 10.3. The number of aromatic nitrogens is 4. The Bertz CT molecular complexity index is 4250. The number of hydrogen-bond donors (Lipinski definition) is 2. The molecule has 73 heavy (non-hydrogen) atoms. The Morgan fingerprint density at radius 1 is 0.548 bits per heavy atom. The number of para-hydroxylation sites is 2. The van der Waals surface area contributed by atoms with Gasteiger partial charge < -0.3 is 10.7 Å². The molecular weight excluding hydrogens is 889 g/mol. The molecule has 0 bridgehead atoms. The first-order valence-corrected chi connectivity index (χ1v) is 25.5. The van der Waals surface area contributed by atoms with Crippen molar-refractivity contribution in [2.75, 3.05) is 0 Å². The number of nitrogens with two attached hydrogens (primary N) is 1. The van der Waals surface area contributed by atoms with E-state index in [1.165, 1.54) is 65.3 Å². The van der Waals surface area contributed by atoms with Crippen molar-refractivity contribution in [3.05, 3.63) is 229 Å². The second-order valence-corrected chi connectivity index (χ2v) is 19.6. The Morgan fingerprint density at radius 2 is 1.16 bits per heavy atom. The minimum absolute atomic E-state index is 0.195. The number of aromatic amines is 1. The molecule has 0 aliphatic heterocycles. The first-order valence-electron chi connectivity index (χ1n) is 25.5. The Hall–Kier alpha value is -9.13. The molecule has 348 valence electrons. The number of aryl methyl sites for hydroxylation is 1. The Morgan fingerprint density at radius 3 is 1.86 bits per heavy atom. The highest BCUT2D eigenvalue weighted by molar-refractivity contribution is 6.23. The molecule has 0 saturated carbocycles. The number of benzene rings is 9. The molecule has 0 fully saturated rings. The first-order chi connectivity index (χ1) is 36.1. The van der Waals surface area contributed by atoms with Crippen molar-refractivity contribution in [3.63, 3.8) is 0 Å². The number of nitrogens with one attached hydrogen (secondary N) is 1. The lowest BCUT2D eigenvalue weighted by atomic mass is 9.83. The lowest BCUT2D eigenvalue weighted by Gasteiger charge is -2.20. The molecule has 6 heteroatoms. The van der Waals surface area contributed by atoms with Crippen molar-refractivity contribution in [3.8, 4) is 56.2 Å². The van der Waals surface area contributed by atoms with Gasteiger partial charge in [-0.25, -0.2) is 9.97 Å². The SMILES string of the molecule is NC1=C(/N=C/C2C=CC(n3c(-c4ccc(-c5ccc6c(-c7ccc8ccccc8c7)c7cc(-c8nc9c([nH]8)C=CCC9)ccc7c(-c7ccc8ccccc8c7)c6c5)cc4)nc4ccccc43)=CC2)CCC=C1. The number of imidazole rings is 2. The predicted molar refractivity (Wildman–Crippen MR) is 306 cm³/mol. The molecule has 0 radical (unpaired) electrons. The average molecular weight is 939 g/mol. The molecule has 0 amide bonds. The van der Waals surface area contributed by atoms with Crippen LogP contribution in [0.25, 0.3) is 122 Å². The van der Waals surface area contributed by atoms with Crippen molar-refractivity contribution in [2.24, 2.45) is 16.6 Å². The fourth-order valence-electron chi connectivity index (χ4n) is 11.4. The summed E-state index contributed by atoms with van der Waals surface area (Å²) in [6.07, 6.45) is 22.0. The smallest absolute Gasteiger partial charge is 0.145 e. The lowest BCUT2D eigenvalue weighted by Crippen LogP contribution is -2.07. The van der Waals surface area contributed by atoms with Crippen LogP contribution >= 0.6 is 0 Å². The van der Waals surface area contributed by atoms with Gasteiger partial charge in [0.05, 0.1) is 33.8 Å². The van der Waals surface area contributed by atoms with E-state index in [1.54, 1.807) is 0 Å².